The molecule has 2 fully saturated rings. The van der Waals surface area contributed by atoms with Crippen LogP contribution in [-0.2, 0) is 19.0 Å². The highest BCUT2D eigenvalue weighted by atomic mass is 16.7. The average Bonchev–Trinajstić information content (AvgIpc) is 3.39. The summed E-state index contributed by atoms with van der Waals surface area (Å²) in [5, 5.41) is 20.5. The van der Waals surface area contributed by atoms with Crippen LogP contribution in [0.5, 0.6) is 0 Å². The molecular formula is C29H50O6. The van der Waals surface area contributed by atoms with Gasteiger partial charge in [0, 0.05) is 13.5 Å². The minimum Gasteiger partial charge on any atom is -0.479 e. The topological polar surface area (TPSA) is 85.2 Å². The Hall–Kier alpha value is -1.37. The highest BCUT2D eigenvalue weighted by molar-refractivity contribution is 5.77. The molecule has 0 aromatic heterocycles. The van der Waals surface area contributed by atoms with Crippen molar-refractivity contribution in [3.05, 3.63) is 24.0 Å². The second-order valence-electron chi connectivity index (χ2n) is 11.2. The average molecular weight is 495 g/mol. The van der Waals surface area contributed by atoms with Crippen molar-refractivity contribution >= 4 is 5.97 Å². The van der Waals surface area contributed by atoms with Gasteiger partial charge in [-0.3, -0.25) is 0 Å². The summed E-state index contributed by atoms with van der Waals surface area (Å²) >= 11 is 0. The number of allylic oxidation sites excluding steroid dienone is 2. The zero-order chi connectivity index (χ0) is 25.7. The van der Waals surface area contributed by atoms with E-state index in [1.165, 1.54) is 12.8 Å². The number of hydrogen-bond acceptors (Lipinski definition) is 5. The molecule has 1 heterocycles. The third kappa shape index (κ3) is 9.89. The Bertz CT molecular complexity index is 673. The van der Waals surface area contributed by atoms with Crippen molar-refractivity contribution in [2.24, 2.45) is 11.3 Å². The van der Waals surface area contributed by atoms with Gasteiger partial charge in [0.15, 0.2) is 11.9 Å². The molecule has 6 nitrogen and oxygen atoms in total. The Labute approximate surface area is 213 Å². The van der Waals surface area contributed by atoms with Crippen molar-refractivity contribution in [1.29, 1.82) is 0 Å². The number of aliphatic hydroxyl groups is 1. The van der Waals surface area contributed by atoms with Gasteiger partial charge in [-0.25, -0.2) is 4.79 Å². The van der Waals surface area contributed by atoms with E-state index in [0.29, 0.717) is 12.8 Å². The first-order chi connectivity index (χ1) is 16.7. The number of rotatable bonds is 16. The number of carboxylic acids is 1. The van der Waals surface area contributed by atoms with Crippen LogP contribution < -0.4 is 0 Å². The summed E-state index contributed by atoms with van der Waals surface area (Å²) in [4.78, 5) is 11.8. The number of unbranched alkanes of at least 4 members (excludes halogenated alkanes) is 1. The zero-order valence-corrected chi connectivity index (χ0v) is 22.6. The smallest absolute Gasteiger partial charge is 0.335 e. The lowest BCUT2D eigenvalue weighted by atomic mass is 9.82. The fourth-order valence-corrected chi connectivity index (χ4v) is 5.20. The van der Waals surface area contributed by atoms with Crippen molar-refractivity contribution in [3.63, 3.8) is 0 Å². The predicted molar refractivity (Wildman–Crippen MR) is 139 cm³/mol. The van der Waals surface area contributed by atoms with Gasteiger partial charge in [0.05, 0.1) is 6.61 Å². The summed E-state index contributed by atoms with van der Waals surface area (Å²) in [5.41, 5.74) is -1.44. The van der Waals surface area contributed by atoms with Crippen LogP contribution in [0.1, 0.15) is 111 Å². The molecule has 0 spiro atoms. The van der Waals surface area contributed by atoms with Crippen molar-refractivity contribution < 1.29 is 29.2 Å². The van der Waals surface area contributed by atoms with Crippen LogP contribution in [0.4, 0.5) is 0 Å². The largest absolute Gasteiger partial charge is 0.479 e. The van der Waals surface area contributed by atoms with Gasteiger partial charge in [-0.15, -0.1) is 0 Å². The lowest BCUT2D eigenvalue weighted by molar-refractivity contribution is -0.165. The highest BCUT2D eigenvalue weighted by Gasteiger charge is 2.44. The van der Waals surface area contributed by atoms with E-state index in [9.17, 15) is 15.0 Å². The van der Waals surface area contributed by atoms with E-state index in [2.05, 4.69) is 26.8 Å². The summed E-state index contributed by atoms with van der Waals surface area (Å²) in [7, 11) is 1.70. The number of carboxylic acid groups (broad SMARTS) is 1. The highest BCUT2D eigenvalue weighted by Crippen LogP contribution is 2.37. The van der Waals surface area contributed by atoms with Gasteiger partial charge >= 0.3 is 5.97 Å². The van der Waals surface area contributed by atoms with E-state index >= 15 is 0 Å². The van der Waals surface area contributed by atoms with Crippen molar-refractivity contribution in [3.8, 4) is 0 Å². The van der Waals surface area contributed by atoms with Crippen LogP contribution in [0.3, 0.4) is 0 Å². The quantitative estimate of drug-likeness (QED) is 0.182. The van der Waals surface area contributed by atoms with Crippen LogP contribution in [0.25, 0.3) is 0 Å². The Morgan fingerprint density at radius 1 is 1.11 bits per heavy atom. The lowest BCUT2D eigenvalue weighted by Gasteiger charge is -2.29. The Balaban J connectivity index is 2.00. The first kappa shape index (κ1) is 29.9. The van der Waals surface area contributed by atoms with Crippen LogP contribution in [0.15, 0.2) is 24.0 Å². The van der Waals surface area contributed by atoms with Crippen molar-refractivity contribution in [2.45, 2.75) is 129 Å². The van der Waals surface area contributed by atoms with Gasteiger partial charge in [0.1, 0.15) is 11.9 Å². The van der Waals surface area contributed by atoms with E-state index in [0.717, 1.165) is 70.2 Å². The SMILES string of the molecule is CCCCC(C)(C)C/C=C(/OC1CCCCO1)C(C/C=C\CC[C@](O)(C(=O)O)C1CCCC1)OC. The van der Waals surface area contributed by atoms with Crippen molar-refractivity contribution in [2.75, 3.05) is 13.7 Å². The summed E-state index contributed by atoms with van der Waals surface area (Å²) in [6, 6.07) is 0. The Morgan fingerprint density at radius 2 is 1.83 bits per heavy atom. The summed E-state index contributed by atoms with van der Waals surface area (Å²) < 4.78 is 18.0. The molecule has 3 atom stereocenters. The number of carbonyl (C=O) groups is 1. The van der Waals surface area contributed by atoms with Crippen LogP contribution in [0.2, 0.25) is 0 Å². The van der Waals surface area contributed by atoms with Gasteiger partial charge in [-0.1, -0.05) is 58.6 Å². The standard InChI is InChI=1S/C29H50O6/c1-5-6-19-28(2,3)21-18-25(35-26-17-11-13-22-34-26)24(33-4)16-8-7-12-20-29(32,27(30)31)23-14-9-10-15-23/h7-8,18,23-24,26,32H,5-6,9-17,19-22H2,1-4H3,(H,30,31)/b8-7-,25-18+/t24?,26?,29-/m1/s1. The fourth-order valence-electron chi connectivity index (χ4n) is 5.20. The zero-order valence-electron chi connectivity index (χ0n) is 22.6. The van der Waals surface area contributed by atoms with Gasteiger partial charge in [0.25, 0.3) is 0 Å². The van der Waals surface area contributed by atoms with E-state index in [1.807, 2.05) is 12.2 Å². The van der Waals surface area contributed by atoms with E-state index in [1.54, 1.807) is 7.11 Å². The molecule has 202 valence electrons. The molecule has 1 saturated heterocycles. The van der Waals surface area contributed by atoms with E-state index in [4.69, 9.17) is 14.2 Å². The number of methoxy groups -OCH3 is 1. The maximum Gasteiger partial charge on any atom is 0.335 e. The predicted octanol–water partition coefficient (Wildman–Crippen LogP) is 6.77. The van der Waals surface area contributed by atoms with Gasteiger partial charge in [-0.2, -0.15) is 0 Å². The molecule has 0 amide bonds. The first-order valence-corrected chi connectivity index (χ1v) is 13.8. The number of hydrogen-bond donors (Lipinski definition) is 2. The maximum absolute atomic E-state index is 11.8. The molecular weight excluding hydrogens is 444 g/mol. The molecule has 1 saturated carbocycles. The first-order valence-electron chi connectivity index (χ1n) is 13.8. The van der Waals surface area contributed by atoms with Crippen LogP contribution in [-0.4, -0.2) is 47.9 Å². The summed E-state index contributed by atoms with van der Waals surface area (Å²) in [6.07, 6.45) is 18.2. The lowest BCUT2D eigenvalue weighted by Crippen LogP contribution is -2.44. The molecule has 2 unspecified atom stereocenters. The summed E-state index contributed by atoms with van der Waals surface area (Å²) in [6.45, 7) is 7.54. The maximum atomic E-state index is 11.8. The molecule has 35 heavy (non-hydrogen) atoms. The van der Waals surface area contributed by atoms with Crippen LogP contribution >= 0.6 is 0 Å². The minimum atomic E-state index is -1.63. The molecule has 2 N–H and O–H groups in total. The summed E-state index contributed by atoms with van der Waals surface area (Å²) in [5.74, 6) is -0.416. The molecule has 2 aliphatic rings. The van der Waals surface area contributed by atoms with Gasteiger partial charge in [0.2, 0.25) is 0 Å². The number of ether oxygens (including phenoxy) is 3. The number of aliphatic carboxylic acids is 1. The monoisotopic (exact) mass is 494 g/mol. The van der Waals surface area contributed by atoms with E-state index in [-0.39, 0.29) is 30.1 Å². The van der Waals surface area contributed by atoms with Crippen molar-refractivity contribution in [1.82, 2.24) is 0 Å². The Morgan fingerprint density at radius 3 is 2.43 bits per heavy atom. The third-order valence-electron chi connectivity index (χ3n) is 7.68. The normalized spacial score (nSPS) is 22.9. The van der Waals surface area contributed by atoms with E-state index < -0.39 is 11.6 Å². The van der Waals surface area contributed by atoms with Crippen LogP contribution in [0, 0.1) is 11.3 Å². The third-order valence-corrected chi connectivity index (χ3v) is 7.68. The molecule has 6 heteroatoms. The molecule has 0 radical (unpaired) electrons. The second-order valence-corrected chi connectivity index (χ2v) is 11.2. The molecule has 0 aromatic carbocycles. The molecule has 0 aromatic rings. The Kier molecular flexibility index (Phi) is 12.8. The van der Waals surface area contributed by atoms with Gasteiger partial charge in [-0.05, 0) is 75.2 Å². The fraction of sp³-hybridized carbons (Fsp3) is 0.828. The minimum absolute atomic E-state index is 0.144. The molecule has 0 bridgehead atoms. The molecule has 1 aliphatic carbocycles. The molecule has 1 aliphatic heterocycles. The van der Waals surface area contributed by atoms with Gasteiger partial charge < -0.3 is 24.4 Å². The second kappa shape index (κ2) is 15.0. The molecule has 2 rings (SSSR count).